The van der Waals surface area contributed by atoms with Crippen LogP contribution in [0.4, 0.5) is 4.79 Å². The van der Waals surface area contributed by atoms with Gasteiger partial charge in [0.05, 0.1) is 36.0 Å². The first-order valence-corrected chi connectivity index (χ1v) is 14.3. The summed E-state index contributed by atoms with van der Waals surface area (Å²) in [5.74, 6) is 0.882. The molecule has 2 amide bonds. The number of hydrazone groups is 1. The van der Waals surface area contributed by atoms with Gasteiger partial charge in [-0.05, 0) is 76.8 Å². The first-order chi connectivity index (χ1) is 20.8. The van der Waals surface area contributed by atoms with Crippen LogP contribution in [0.5, 0.6) is 17.2 Å². The minimum absolute atomic E-state index is 0.136. The Labute approximate surface area is 258 Å². The molecule has 11 nitrogen and oxygen atoms in total. The number of methoxy groups -OCH3 is 1. The van der Waals surface area contributed by atoms with Gasteiger partial charge in [-0.1, -0.05) is 36.4 Å². The number of hydrogen-bond donors (Lipinski definition) is 4. The van der Waals surface area contributed by atoms with Crippen molar-refractivity contribution in [2.24, 2.45) is 5.10 Å². The van der Waals surface area contributed by atoms with E-state index in [1.54, 1.807) is 31.3 Å². The van der Waals surface area contributed by atoms with E-state index in [0.29, 0.717) is 41.7 Å². The number of aliphatic hydroxyl groups is 1. The summed E-state index contributed by atoms with van der Waals surface area (Å²) >= 11 is 3.52. The lowest BCUT2D eigenvalue weighted by Crippen LogP contribution is -2.45. The van der Waals surface area contributed by atoms with Crippen LogP contribution in [0.1, 0.15) is 36.6 Å². The van der Waals surface area contributed by atoms with Gasteiger partial charge in [0.2, 0.25) is 0 Å². The summed E-state index contributed by atoms with van der Waals surface area (Å²) in [6, 6.07) is 19.3. The number of carbonyl (C=O) groups excluding carboxylic acids is 2. The summed E-state index contributed by atoms with van der Waals surface area (Å²) < 4.78 is 23.1. The Morgan fingerprint density at radius 3 is 2.56 bits per heavy atom. The Hall–Kier alpha value is -4.55. The molecule has 0 saturated heterocycles. The van der Waals surface area contributed by atoms with E-state index in [9.17, 15) is 14.7 Å². The van der Waals surface area contributed by atoms with Gasteiger partial charge in [0.25, 0.3) is 0 Å². The summed E-state index contributed by atoms with van der Waals surface area (Å²) in [7, 11) is 1.28. The third-order valence-electron chi connectivity index (χ3n) is 6.30. The third kappa shape index (κ3) is 8.49. The van der Waals surface area contributed by atoms with Crippen LogP contribution in [0.2, 0.25) is 0 Å². The molecule has 0 aromatic heterocycles. The smallest absolute Gasteiger partial charge is 0.337 e. The Morgan fingerprint density at radius 1 is 1.07 bits per heavy atom. The SMILES string of the molecule is CCOc1cc([C@@H]2NC(=O)NC(C)=C2C(=O)OC)ccc1OC[C@H](O)N/N=C\c1ccc(OCc2ccccc2)c(Br)c1. The van der Waals surface area contributed by atoms with E-state index in [0.717, 1.165) is 15.6 Å². The molecular weight excluding hydrogens is 620 g/mol. The van der Waals surface area contributed by atoms with Crippen molar-refractivity contribution in [1.82, 2.24) is 16.1 Å². The number of nitrogens with zero attached hydrogens (tertiary/aromatic N) is 1. The monoisotopic (exact) mass is 652 g/mol. The number of esters is 1. The van der Waals surface area contributed by atoms with Crippen molar-refractivity contribution in [1.29, 1.82) is 0 Å². The van der Waals surface area contributed by atoms with E-state index in [-0.39, 0.29) is 12.2 Å². The largest absolute Gasteiger partial charge is 0.490 e. The molecule has 1 aliphatic rings. The molecule has 1 aliphatic heterocycles. The Balaban J connectivity index is 1.35. The van der Waals surface area contributed by atoms with E-state index >= 15 is 0 Å². The Kier molecular flexibility index (Phi) is 11.0. The van der Waals surface area contributed by atoms with Crippen molar-refractivity contribution >= 4 is 34.1 Å². The molecule has 0 radical (unpaired) electrons. The molecule has 0 fully saturated rings. The van der Waals surface area contributed by atoms with Gasteiger partial charge in [0.15, 0.2) is 17.7 Å². The van der Waals surface area contributed by atoms with E-state index in [1.807, 2.05) is 55.5 Å². The molecule has 12 heteroatoms. The van der Waals surface area contributed by atoms with Crippen molar-refractivity contribution in [3.8, 4) is 17.2 Å². The zero-order valence-corrected chi connectivity index (χ0v) is 25.5. The van der Waals surface area contributed by atoms with Crippen LogP contribution in [-0.2, 0) is 16.1 Å². The first kappa shape index (κ1) is 31.4. The summed E-state index contributed by atoms with van der Waals surface area (Å²) in [6.45, 7) is 4.11. The summed E-state index contributed by atoms with van der Waals surface area (Å²) in [4.78, 5) is 24.6. The van der Waals surface area contributed by atoms with E-state index in [1.165, 1.54) is 7.11 Å². The third-order valence-corrected chi connectivity index (χ3v) is 6.92. The van der Waals surface area contributed by atoms with Gasteiger partial charge >= 0.3 is 12.0 Å². The molecule has 0 bridgehead atoms. The highest BCUT2D eigenvalue weighted by molar-refractivity contribution is 9.10. The lowest BCUT2D eigenvalue weighted by atomic mass is 9.95. The van der Waals surface area contributed by atoms with Gasteiger partial charge in [0, 0.05) is 5.70 Å². The fourth-order valence-electron chi connectivity index (χ4n) is 4.27. The molecule has 4 N–H and O–H groups in total. The van der Waals surface area contributed by atoms with E-state index in [4.69, 9.17) is 18.9 Å². The number of allylic oxidation sites excluding steroid dienone is 1. The second kappa shape index (κ2) is 15.1. The van der Waals surface area contributed by atoms with Crippen LogP contribution in [0, 0.1) is 0 Å². The molecule has 0 aliphatic carbocycles. The summed E-state index contributed by atoms with van der Waals surface area (Å²) in [6.07, 6.45) is 0.444. The quantitative estimate of drug-likeness (QED) is 0.0913. The Bertz CT molecular complexity index is 1500. The highest BCUT2D eigenvalue weighted by Crippen LogP contribution is 2.35. The molecule has 3 aromatic carbocycles. The molecule has 0 saturated carbocycles. The number of rotatable bonds is 13. The van der Waals surface area contributed by atoms with E-state index in [2.05, 4.69) is 37.1 Å². The number of urea groups is 1. The number of carbonyl (C=O) groups is 2. The maximum atomic E-state index is 12.4. The average Bonchev–Trinajstić information content (AvgIpc) is 3.00. The number of amides is 2. The van der Waals surface area contributed by atoms with Gasteiger partial charge in [-0.3, -0.25) is 5.43 Å². The number of aliphatic hydroxyl groups excluding tert-OH is 1. The molecule has 226 valence electrons. The Morgan fingerprint density at radius 2 is 1.84 bits per heavy atom. The van der Waals surface area contributed by atoms with Crippen LogP contribution in [0.25, 0.3) is 0 Å². The molecule has 3 aromatic rings. The molecule has 0 spiro atoms. The maximum absolute atomic E-state index is 12.4. The summed E-state index contributed by atoms with van der Waals surface area (Å²) in [5, 5.41) is 19.8. The van der Waals surface area contributed by atoms with Gasteiger partial charge in [-0.15, -0.1) is 0 Å². The molecule has 0 unspecified atom stereocenters. The predicted molar refractivity (Wildman–Crippen MR) is 164 cm³/mol. The predicted octanol–water partition coefficient (Wildman–Crippen LogP) is 4.55. The van der Waals surface area contributed by atoms with Gasteiger partial charge < -0.3 is 34.7 Å². The minimum Gasteiger partial charge on any atom is -0.490 e. The fourth-order valence-corrected chi connectivity index (χ4v) is 4.78. The van der Waals surface area contributed by atoms with Gasteiger partial charge in [0.1, 0.15) is 19.0 Å². The second-order valence-electron chi connectivity index (χ2n) is 9.38. The normalized spacial score (nSPS) is 15.4. The van der Waals surface area contributed by atoms with Gasteiger partial charge in [-0.25, -0.2) is 9.59 Å². The van der Waals surface area contributed by atoms with Gasteiger partial charge in [-0.2, -0.15) is 5.10 Å². The molecular formula is C31H33BrN4O7. The molecule has 4 rings (SSSR count). The highest BCUT2D eigenvalue weighted by atomic mass is 79.9. The van der Waals surface area contributed by atoms with Crippen LogP contribution in [0.3, 0.4) is 0 Å². The highest BCUT2D eigenvalue weighted by Gasteiger charge is 2.32. The standard InChI is InChI=1S/C31H33BrN4O7/c1-4-41-26-15-22(29-28(30(38)40-3)19(2)34-31(39)35-29)11-13-25(26)43-18-27(37)36-33-16-21-10-12-24(23(32)14-21)42-17-20-8-6-5-7-9-20/h5-16,27,29,36-37H,4,17-18H2,1-3H3,(H2,34,35,39)/b33-16-/t27-,29-/m0/s1. The maximum Gasteiger partial charge on any atom is 0.337 e. The van der Waals surface area contributed by atoms with Crippen molar-refractivity contribution in [3.63, 3.8) is 0 Å². The number of nitrogens with one attached hydrogen (secondary N) is 3. The lowest BCUT2D eigenvalue weighted by Gasteiger charge is -2.28. The zero-order valence-electron chi connectivity index (χ0n) is 23.9. The first-order valence-electron chi connectivity index (χ1n) is 13.5. The topological polar surface area (TPSA) is 140 Å². The number of halogens is 1. The lowest BCUT2D eigenvalue weighted by molar-refractivity contribution is -0.136. The van der Waals surface area contributed by atoms with Crippen molar-refractivity contribution < 1.29 is 33.6 Å². The zero-order chi connectivity index (χ0) is 30.8. The van der Waals surface area contributed by atoms with Crippen LogP contribution in [-0.4, -0.2) is 49.9 Å². The van der Waals surface area contributed by atoms with Crippen molar-refractivity contribution in [2.75, 3.05) is 20.3 Å². The molecule has 43 heavy (non-hydrogen) atoms. The minimum atomic E-state index is -1.12. The number of hydrogen-bond acceptors (Lipinski definition) is 9. The molecule has 2 atom stereocenters. The fraction of sp³-hybridized carbons (Fsp3) is 0.258. The number of ether oxygens (including phenoxy) is 4. The summed E-state index contributed by atoms with van der Waals surface area (Å²) in [5.41, 5.74) is 5.75. The number of benzene rings is 3. The van der Waals surface area contributed by atoms with Crippen LogP contribution in [0.15, 0.2) is 87.6 Å². The average molecular weight is 654 g/mol. The molecule has 1 heterocycles. The van der Waals surface area contributed by atoms with Crippen LogP contribution >= 0.6 is 15.9 Å². The van der Waals surface area contributed by atoms with Crippen LogP contribution < -0.4 is 30.3 Å². The van der Waals surface area contributed by atoms with E-state index < -0.39 is 24.3 Å². The van der Waals surface area contributed by atoms with Crippen molar-refractivity contribution in [3.05, 3.63) is 99.2 Å². The second-order valence-corrected chi connectivity index (χ2v) is 10.2. The van der Waals surface area contributed by atoms with Crippen molar-refractivity contribution in [2.45, 2.75) is 32.7 Å².